The predicted octanol–water partition coefficient (Wildman–Crippen LogP) is 4.90. The van der Waals surface area contributed by atoms with Crippen molar-refractivity contribution < 1.29 is 36.5 Å². The molecule has 45 heavy (non-hydrogen) atoms. The maximum absolute atomic E-state index is 14.0. The molecule has 17 heteroatoms. The molecule has 4 aromatic rings. The second kappa shape index (κ2) is 12.0. The first-order valence-corrected chi connectivity index (χ1v) is 15.0. The number of benzene rings is 1. The number of carbonyl (C=O) groups is 1. The molecule has 8 bridgehead atoms. The molecule has 234 valence electrons. The summed E-state index contributed by atoms with van der Waals surface area (Å²) in [6.45, 7) is 1.37. The average molecular weight is 644 g/mol. The molecule has 1 saturated heterocycles. The summed E-state index contributed by atoms with van der Waals surface area (Å²) in [6.07, 6.45) is -0.785. The van der Waals surface area contributed by atoms with Gasteiger partial charge < -0.3 is 25.4 Å². The van der Waals surface area contributed by atoms with E-state index >= 15 is 0 Å². The SMILES string of the molecule is CNC(=O)c1nc2ccc1Nc1nc(ncc1C(F)(F)F)Nc1ccc(cc1OC)C[P+](=O)OCC1(COC1)Cn1cc-2cn1. The standard InChI is InChI=1S/C28H26F3N8O5P/c1-32-25(40)23-21-6-5-19(35-23)17-8-34-39(10-17)12-27(13-43-14-27)15-44-45(41)11-16-3-4-20(22(7-16)42-2)37-26-33-9-18(28(29,30)31)24(36-21)38-26/h3-10H,11-15H2,1-2H3,(H2-,32,33,36,37,38,40)/p+1. The molecular weight excluding hydrogens is 616 g/mol. The van der Waals surface area contributed by atoms with Crippen LogP contribution in [-0.4, -0.2) is 64.6 Å². The van der Waals surface area contributed by atoms with E-state index < -0.39 is 36.9 Å². The van der Waals surface area contributed by atoms with E-state index in [1.54, 1.807) is 41.3 Å². The minimum atomic E-state index is -4.82. The summed E-state index contributed by atoms with van der Waals surface area (Å²) in [5, 5.41) is 12.4. The van der Waals surface area contributed by atoms with Crippen LogP contribution in [0.15, 0.2) is 48.9 Å². The third-order valence-corrected chi connectivity index (χ3v) is 8.31. The third-order valence-electron chi connectivity index (χ3n) is 7.27. The molecule has 9 rings (SSSR count). The van der Waals surface area contributed by atoms with Gasteiger partial charge in [-0.3, -0.25) is 9.48 Å². The first-order chi connectivity index (χ1) is 21.6. The Hall–Kier alpha value is -4.66. The number of amides is 1. The molecule has 13 nitrogen and oxygen atoms in total. The van der Waals surface area contributed by atoms with Crippen LogP contribution in [-0.2, 0) is 32.7 Å². The Balaban J connectivity index is 1.46. The fraction of sp³-hybridized carbons (Fsp3) is 0.321. The number of hydrogen-bond acceptors (Lipinski definition) is 11. The van der Waals surface area contributed by atoms with Crippen molar-refractivity contribution in [1.29, 1.82) is 0 Å². The van der Waals surface area contributed by atoms with Crippen LogP contribution in [0, 0.1) is 5.41 Å². The van der Waals surface area contributed by atoms with E-state index in [1.807, 2.05) is 0 Å². The minimum absolute atomic E-state index is 0.0125. The van der Waals surface area contributed by atoms with Crippen molar-refractivity contribution in [2.45, 2.75) is 18.9 Å². The molecule has 1 unspecified atom stereocenters. The van der Waals surface area contributed by atoms with Crippen molar-refractivity contribution in [3.05, 3.63) is 65.7 Å². The highest BCUT2D eigenvalue weighted by Crippen LogP contribution is 2.39. The number of anilines is 4. The third kappa shape index (κ3) is 6.43. The number of alkyl halides is 3. The van der Waals surface area contributed by atoms with E-state index in [0.29, 0.717) is 54.2 Å². The van der Waals surface area contributed by atoms with Gasteiger partial charge in [-0.1, -0.05) is 6.07 Å². The Labute approximate surface area is 255 Å². The van der Waals surface area contributed by atoms with E-state index in [2.05, 4.69) is 36.0 Å². The number of carbonyl (C=O) groups excluding carboxylic acids is 1. The van der Waals surface area contributed by atoms with Gasteiger partial charge in [0.15, 0.2) is 5.69 Å². The second-order valence-electron chi connectivity index (χ2n) is 10.6. The largest absolute Gasteiger partial charge is 0.512 e. The summed E-state index contributed by atoms with van der Waals surface area (Å²) in [7, 11) is 0.708. The lowest BCUT2D eigenvalue weighted by atomic mass is 9.87. The number of nitrogens with one attached hydrogen (secondary N) is 3. The highest BCUT2D eigenvalue weighted by atomic mass is 31.1. The number of ether oxygens (including phenoxy) is 2. The number of halogens is 3. The van der Waals surface area contributed by atoms with Gasteiger partial charge in [-0.25, -0.2) is 9.97 Å². The van der Waals surface area contributed by atoms with Crippen molar-refractivity contribution in [3.63, 3.8) is 0 Å². The minimum Gasteiger partial charge on any atom is -0.495 e. The Bertz CT molecular complexity index is 1780. The molecule has 0 saturated carbocycles. The van der Waals surface area contributed by atoms with Gasteiger partial charge in [-0.15, -0.1) is 4.52 Å². The molecule has 5 aliphatic rings. The number of aromatic nitrogens is 5. The molecular formula is C28H27F3N8O5P+. The van der Waals surface area contributed by atoms with Crippen LogP contribution in [0.2, 0.25) is 0 Å². The number of rotatable bonds is 2. The van der Waals surface area contributed by atoms with Crippen LogP contribution in [0.4, 0.5) is 36.3 Å². The molecule has 8 heterocycles. The molecule has 3 aromatic heterocycles. The summed E-state index contributed by atoms with van der Waals surface area (Å²) < 4.78 is 73.4. The van der Waals surface area contributed by atoms with Crippen molar-refractivity contribution in [2.24, 2.45) is 5.41 Å². The van der Waals surface area contributed by atoms with E-state index in [4.69, 9.17) is 14.0 Å². The maximum Gasteiger partial charge on any atom is 0.512 e. The predicted molar refractivity (Wildman–Crippen MR) is 156 cm³/mol. The van der Waals surface area contributed by atoms with Gasteiger partial charge >= 0.3 is 14.2 Å². The number of methoxy groups -OCH3 is 1. The first kappa shape index (κ1) is 30.4. The molecule has 1 fully saturated rings. The van der Waals surface area contributed by atoms with Crippen molar-refractivity contribution in [1.82, 2.24) is 30.0 Å². The van der Waals surface area contributed by atoms with Crippen LogP contribution < -0.4 is 20.7 Å². The zero-order valence-electron chi connectivity index (χ0n) is 24.0. The maximum atomic E-state index is 14.0. The van der Waals surface area contributed by atoms with Gasteiger partial charge in [0.1, 0.15) is 23.7 Å². The van der Waals surface area contributed by atoms with Crippen LogP contribution in [0.3, 0.4) is 0 Å². The second-order valence-corrected chi connectivity index (χ2v) is 11.8. The van der Waals surface area contributed by atoms with Crippen molar-refractivity contribution in [2.75, 3.05) is 44.6 Å². The van der Waals surface area contributed by atoms with Gasteiger partial charge in [-0.05, 0) is 28.8 Å². The summed E-state index contributed by atoms with van der Waals surface area (Å²) >= 11 is 0. The Morgan fingerprint density at radius 2 is 1.91 bits per heavy atom. The summed E-state index contributed by atoms with van der Waals surface area (Å²) in [6, 6.07) is 7.94. The van der Waals surface area contributed by atoms with Gasteiger partial charge in [0.05, 0.1) is 55.5 Å². The molecule has 0 radical (unpaired) electrons. The number of nitrogens with zero attached hydrogens (tertiary/aromatic N) is 5. The van der Waals surface area contributed by atoms with Gasteiger partial charge in [0, 0.05) is 30.6 Å². The van der Waals surface area contributed by atoms with Crippen LogP contribution >= 0.6 is 8.03 Å². The molecule has 0 aliphatic carbocycles. The first-order valence-electron chi connectivity index (χ1n) is 13.6. The topological polar surface area (TPSA) is 154 Å². The van der Waals surface area contributed by atoms with Gasteiger partial charge in [0.25, 0.3) is 5.91 Å². The van der Waals surface area contributed by atoms with Crippen LogP contribution in [0.5, 0.6) is 5.75 Å². The highest BCUT2D eigenvalue weighted by Gasteiger charge is 2.43. The Kier molecular flexibility index (Phi) is 8.12. The molecule has 1 amide bonds. The summed E-state index contributed by atoms with van der Waals surface area (Å²) in [5.74, 6) is -1.10. The van der Waals surface area contributed by atoms with E-state index in [0.717, 1.165) is 0 Å². The van der Waals surface area contributed by atoms with Crippen LogP contribution in [0.1, 0.15) is 21.6 Å². The van der Waals surface area contributed by atoms with Crippen LogP contribution in [0.25, 0.3) is 11.3 Å². The van der Waals surface area contributed by atoms with E-state index in [1.165, 1.54) is 20.2 Å². The smallest absolute Gasteiger partial charge is 0.495 e. The fourth-order valence-corrected chi connectivity index (χ4v) is 5.89. The van der Waals surface area contributed by atoms with Gasteiger partial charge in [0.2, 0.25) is 12.1 Å². The molecule has 1 atom stereocenters. The lowest BCUT2D eigenvalue weighted by Gasteiger charge is -2.39. The number of pyridine rings is 1. The van der Waals surface area contributed by atoms with Crippen molar-refractivity contribution in [3.8, 4) is 17.0 Å². The van der Waals surface area contributed by atoms with Gasteiger partial charge in [-0.2, -0.15) is 23.3 Å². The Morgan fingerprint density at radius 3 is 2.62 bits per heavy atom. The lowest BCUT2D eigenvalue weighted by molar-refractivity contribution is -0.140. The zero-order valence-corrected chi connectivity index (χ0v) is 24.9. The summed E-state index contributed by atoms with van der Waals surface area (Å²) in [4.78, 5) is 25.3. The Morgan fingerprint density at radius 1 is 1.11 bits per heavy atom. The summed E-state index contributed by atoms with van der Waals surface area (Å²) in [5.41, 5.74) is 0.157. The fourth-order valence-electron chi connectivity index (χ4n) is 4.88. The normalized spacial score (nSPS) is 17.0. The van der Waals surface area contributed by atoms with Crippen molar-refractivity contribution >= 4 is 37.1 Å². The monoisotopic (exact) mass is 643 g/mol. The van der Waals surface area contributed by atoms with E-state index in [9.17, 15) is 22.5 Å². The average Bonchev–Trinajstić information content (AvgIpc) is 3.46. The molecule has 5 aliphatic heterocycles. The molecule has 1 aromatic carbocycles. The lowest BCUT2D eigenvalue weighted by Crippen LogP contribution is -2.49. The highest BCUT2D eigenvalue weighted by molar-refractivity contribution is 7.38. The number of hydrogen-bond donors (Lipinski definition) is 3. The van der Waals surface area contributed by atoms with E-state index in [-0.39, 0.29) is 30.1 Å². The molecule has 3 N–H and O–H groups in total. The zero-order chi connectivity index (χ0) is 31.8. The molecule has 1 spiro atoms. The quantitative estimate of drug-likeness (QED) is 0.256.